The van der Waals surface area contributed by atoms with Gasteiger partial charge in [0.25, 0.3) is 0 Å². The smallest absolute Gasteiger partial charge is 0.245 e. The molecule has 0 amide bonds. The number of hydrogen-bond donors (Lipinski definition) is 1. The van der Waals surface area contributed by atoms with Gasteiger partial charge >= 0.3 is 0 Å². The molecule has 22 heavy (non-hydrogen) atoms. The third-order valence-corrected chi connectivity index (χ3v) is 3.33. The lowest BCUT2D eigenvalue weighted by Crippen LogP contribution is -2.03. The van der Waals surface area contributed by atoms with Crippen molar-refractivity contribution in [1.82, 2.24) is 15.0 Å². The van der Waals surface area contributed by atoms with E-state index in [2.05, 4.69) is 15.0 Å². The Hall–Kier alpha value is -2.47. The van der Waals surface area contributed by atoms with Crippen LogP contribution in [0.1, 0.15) is 6.92 Å². The molecule has 0 saturated heterocycles. The van der Waals surface area contributed by atoms with E-state index in [0.717, 1.165) is 0 Å². The number of rotatable bonds is 3. The molecule has 2 N–H and O–H groups in total. The van der Waals surface area contributed by atoms with Crippen LogP contribution in [0.5, 0.6) is 5.88 Å². The van der Waals surface area contributed by atoms with Crippen LogP contribution in [0, 0.1) is 5.82 Å². The lowest BCUT2D eigenvalue weighted by molar-refractivity contribution is 0.330. The summed E-state index contributed by atoms with van der Waals surface area (Å²) in [6.07, 6.45) is 0. The van der Waals surface area contributed by atoms with Gasteiger partial charge in [0.05, 0.1) is 22.8 Å². The summed E-state index contributed by atoms with van der Waals surface area (Å²) in [5.74, 6) is 0.0241. The zero-order valence-electron chi connectivity index (χ0n) is 11.7. The summed E-state index contributed by atoms with van der Waals surface area (Å²) < 4.78 is 18.6. The summed E-state index contributed by atoms with van der Waals surface area (Å²) in [6.45, 7) is 2.26. The monoisotopic (exact) mass is 318 g/mol. The third kappa shape index (κ3) is 2.65. The summed E-state index contributed by atoms with van der Waals surface area (Å²) in [5.41, 5.74) is 7.89. The van der Waals surface area contributed by atoms with E-state index < -0.39 is 5.82 Å². The summed E-state index contributed by atoms with van der Waals surface area (Å²) >= 11 is 6.08. The molecule has 3 aromatic rings. The van der Waals surface area contributed by atoms with Crippen molar-refractivity contribution in [1.29, 1.82) is 0 Å². The molecule has 5 nitrogen and oxygen atoms in total. The van der Waals surface area contributed by atoms with Gasteiger partial charge in [0.2, 0.25) is 11.8 Å². The van der Waals surface area contributed by atoms with E-state index in [0.29, 0.717) is 34.8 Å². The summed E-state index contributed by atoms with van der Waals surface area (Å²) in [5, 5.41) is 0.279. The summed E-state index contributed by atoms with van der Waals surface area (Å²) in [7, 11) is 0. The van der Waals surface area contributed by atoms with Crippen LogP contribution in [-0.2, 0) is 0 Å². The van der Waals surface area contributed by atoms with E-state index in [1.54, 1.807) is 18.2 Å². The van der Waals surface area contributed by atoms with Crippen molar-refractivity contribution < 1.29 is 9.13 Å². The molecule has 0 aliphatic carbocycles. The first kappa shape index (κ1) is 14.5. The molecule has 112 valence electrons. The summed E-state index contributed by atoms with van der Waals surface area (Å²) in [6, 6.07) is 7.63. The Kier molecular flexibility index (Phi) is 3.77. The van der Waals surface area contributed by atoms with Crippen molar-refractivity contribution in [3.63, 3.8) is 0 Å². The van der Waals surface area contributed by atoms with E-state index >= 15 is 0 Å². The Bertz CT molecular complexity index is 856. The molecule has 0 radical (unpaired) electrons. The summed E-state index contributed by atoms with van der Waals surface area (Å²) in [4.78, 5) is 12.7. The Balaban J connectivity index is 2.20. The Labute approximate surface area is 130 Å². The van der Waals surface area contributed by atoms with E-state index in [-0.39, 0.29) is 11.0 Å². The molecular weight excluding hydrogens is 307 g/mol. The average Bonchev–Trinajstić information content (AvgIpc) is 2.47. The van der Waals surface area contributed by atoms with Crippen molar-refractivity contribution in [2.45, 2.75) is 6.92 Å². The number of ether oxygens (including phenoxy) is 1. The fourth-order valence-electron chi connectivity index (χ4n) is 2.09. The standard InChI is InChI=1S/C15H12ClFN4O/c1-2-22-14-13-12(20-15(18)21-14)6-5-11(19-13)9-4-3-8(17)7-10(9)16/h3-7H,2H2,1H3,(H2,18,20,21). The number of anilines is 1. The molecule has 1 aromatic carbocycles. The lowest BCUT2D eigenvalue weighted by Gasteiger charge is -2.09. The minimum Gasteiger partial charge on any atom is -0.476 e. The first-order valence-corrected chi connectivity index (χ1v) is 6.98. The second kappa shape index (κ2) is 5.73. The minimum absolute atomic E-state index is 0.116. The molecule has 0 bridgehead atoms. The minimum atomic E-state index is -0.402. The van der Waals surface area contributed by atoms with Crippen LogP contribution in [0.3, 0.4) is 0 Å². The highest BCUT2D eigenvalue weighted by molar-refractivity contribution is 6.33. The van der Waals surface area contributed by atoms with Crippen LogP contribution in [0.2, 0.25) is 5.02 Å². The van der Waals surface area contributed by atoms with Crippen LogP contribution in [0.15, 0.2) is 30.3 Å². The normalized spacial score (nSPS) is 10.9. The van der Waals surface area contributed by atoms with Gasteiger partial charge in [-0.3, -0.25) is 0 Å². The van der Waals surface area contributed by atoms with E-state index in [4.69, 9.17) is 22.1 Å². The number of halogens is 2. The van der Waals surface area contributed by atoms with Crippen molar-refractivity contribution in [2.24, 2.45) is 0 Å². The number of nitrogens with zero attached hydrogens (tertiary/aromatic N) is 3. The maximum atomic E-state index is 13.2. The first-order chi connectivity index (χ1) is 10.6. The number of nitrogen functional groups attached to an aromatic ring is 1. The molecule has 0 aliphatic rings. The van der Waals surface area contributed by atoms with Crippen molar-refractivity contribution in [3.8, 4) is 17.1 Å². The van der Waals surface area contributed by atoms with E-state index in [1.165, 1.54) is 12.1 Å². The zero-order chi connectivity index (χ0) is 15.7. The van der Waals surface area contributed by atoms with Crippen LogP contribution < -0.4 is 10.5 Å². The second-order valence-electron chi connectivity index (χ2n) is 4.51. The molecule has 2 heterocycles. The fraction of sp³-hybridized carbons (Fsp3) is 0.133. The first-order valence-electron chi connectivity index (χ1n) is 6.61. The van der Waals surface area contributed by atoms with Gasteiger partial charge in [0.1, 0.15) is 5.82 Å². The van der Waals surface area contributed by atoms with Crippen molar-refractivity contribution in [3.05, 3.63) is 41.2 Å². The van der Waals surface area contributed by atoms with Crippen LogP contribution >= 0.6 is 11.6 Å². The van der Waals surface area contributed by atoms with Gasteiger partial charge in [0, 0.05) is 5.56 Å². The average molecular weight is 319 g/mol. The molecule has 0 unspecified atom stereocenters. The van der Waals surface area contributed by atoms with Crippen molar-refractivity contribution in [2.75, 3.05) is 12.3 Å². The van der Waals surface area contributed by atoms with Gasteiger partial charge in [-0.2, -0.15) is 4.98 Å². The number of aromatic nitrogens is 3. The number of nitrogens with two attached hydrogens (primary N) is 1. The molecule has 0 spiro atoms. The predicted molar refractivity (Wildman–Crippen MR) is 83.3 cm³/mol. The maximum Gasteiger partial charge on any atom is 0.245 e. The zero-order valence-corrected chi connectivity index (χ0v) is 12.4. The highest BCUT2D eigenvalue weighted by Gasteiger charge is 2.12. The Morgan fingerprint density at radius 1 is 1.18 bits per heavy atom. The topological polar surface area (TPSA) is 73.9 Å². The van der Waals surface area contributed by atoms with Gasteiger partial charge in [-0.25, -0.2) is 14.4 Å². The molecular formula is C15H12ClFN4O. The third-order valence-electron chi connectivity index (χ3n) is 3.02. The van der Waals surface area contributed by atoms with Gasteiger partial charge in [-0.05, 0) is 37.3 Å². The second-order valence-corrected chi connectivity index (χ2v) is 4.92. The largest absolute Gasteiger partial charge is 0.476 e. The van der Waals surface area contributed by atoms with Crippen molar-refractivity contribution >= 4 is 28.6 Å². The van der Waals surface area contributed by atoms with Crippen LogP contribution in [0.25, 0.3) is 22.3 Å². The number of pyridine rings is 1. The predicted octanol–water partition coefficient (Wildman–Crippen LogP) is 3.47. The molecule has 7 heteroatoms. The maximum absolute atomic E-state index is 13.2. The van der Waals surface area contributed by atoms with E-state index in [1.807, 2.05) is 6.92 Å². The van der Waals surface area contributed by atoms with Crippen LogP contribution in [-0.4, -0.2) is 21.6 Å². The number of benzene rings is 1. The molecule has 2 aromatic heterocycles. The Morgan fingerprint density at radius 2 is 2.00 bits per heavy atom. The molecule has 0 fully saturated rings. The highest BCUT2D eigenvalue weighted by Crippen LogP contribution is 2.30. The number of fused-ring (bicyclic) bond motifs is 1. The lowest BCUT2D eigenvalue weighted by atomic mass is 10.1. The highest BCUT2D eigenvalue weighted by atomic mass is 35.5. The Morgan fingerprint density at radius 3 is 2.73 bits per heavy atom. The van der Waals surface area contributed by atoms with Gasteiger partial charge in [-0.15, -0.1) is 0 Å². The van der Waals surface area contributed by atoms with Gasteiger partial charge < -0.3 is 10.5 Å². The number of hydrogen-bond acceptors (Lipinski definition) is 5. The van der Waals surface area contributed by atoms with E-state index in [9.17, 15) is 4.39 Å². The molecule has 0 saturated carbocycles. The van der Waals surface area contributed by atoms with Gasteiger partial charge in [-0.1, -0.05) is 11.6 Å². The quantitative estimate of drug-likeness (QED) is 0.800. The SMILES string of the molecule is CCOc1nc(N)nc2ccc(-c3ccc(F)cc3Cl)nc12. The van der Waals surface area contributed by atoms with Crippen LogP contribution in [0.4, 0.5) is 10.3 Å². The van der Waals surface area contributed by atoms with Gasteiger partial charge in [0.15, 0.2) is 5.52 Å². The molecule has 0 aliphatic heterocycles. The molecule has 3 rings (SSSR count). The molecule has 0 atom stereocenters. The fourth-order valence-corrected chi connectivity index (χ4v) is 2.35.